The Morgan fingerprint density at radius 2 is 1.69 bits per heavy atom. The van der Waals surface area contributed by atoms with Crippen LogP contribution >= 0.6 is 0 Å². The molecule has 7 aliphatic heterocycles. The Kier molecular flexibility index (Phi) is 13.2. The van der Waals surface area contributed by atoms with Crippen molar-refractivity contribution in [2.45, 2.75) is 113 Å². The van der Waals surface area contributed by atoms with E-state index in [-0.39, 0.29) is 64.4 Å². The molecule has 0 aliphatic carbocycles. The van der Waals surface area contributed by atoms with Crippen LogP contribution in [0.1, 0.15) is 100 Å². The Morgan fingerprint density at radius 3 is 2.47 bits per heavy atom. The summed E-state index contributed by atoms with van der Waals surface area (Å²) in [5, 5.41) is 7.64. The van der Waals surface area contributed by atoms with E-state index in [0.29, 0.717) is 91.4 Å². The lowest BCUT2D eigenvalue weighted by Gasteiger charge is -2.38. The van der Waals surface area contributed by atoms with E-state index in [9.17, 15) is 19.2 Å². The third-order valence-electron chi connectivity index (χ3n) is 18.5. The summed E-state index contributed by atoms with van der Waals surface area (Å²) in [4.78, 5) is 75.3. The molecule has 1 unspecified atom stereocenters. The number of benzene rings is 3. The van der Waals surface area contributed by atoms with Crippen molar-refractivity contribution in [3.8, 4) is 29.6 Å². The molecule has 2 bridgehead atoms. The molecule has 17 nitrogen and oxygen atoms in total. The van der Waals surface area contributed by atoms with Crippen molar-refractivity contribution in [2.75, 3.05) is 70.5 Å². The molecule has 0 spiro atoms. The number of rotatable bonds is 11. The summed E-state index contributed by atoms with van der Waals surface area (Å²) in [6, 6.07) is 14.2. The first-order chi connectivity index (χ1) is 37.9. The summed E-state index contributed by atoms with van der Waals surface area (Å²) in [7, 11) is 1.77. The van der Waals surface area contributed by atoms with Gasteiger partial charge in [0.05, 0.1) is 27.5 Å². The molecule has 3 amide bonds. The van der Waals surface area contributed by atoms with Crippen LogP contribution in [0.5, 0.6) is 6.01 Å². The maximum absolute atomic E-state index is 17.2. The van der Waals surface area contributed by atoms with Crippen LogP contribution in [0.4, 0.5) is 19.4 Å². The van der Waals surface area contributed by atoms with Crippen molar-refractivity contribution >= 4 is 56.4 Å². The zero-order valence-corrected chi connectivity index (χ0v) is 44.0. The number of fused-ring (bicyclic) bond motifs is 6. The number of ether oxygens (including phenoxy) is 2. The smallest absolute Gasteiger partial charge is 0.409 e. The summed E-state index contributed by atoms with van der Waals surface area (Å²) in [6.07, 6.45) is 17.1. The van der Waals surface area contributed by atoms with Gasteiger partial charge in [0.25, 0.3) is 0 Å². The number of likely N-dealkylation sites (tertiary alicyclic amines) is 2. The number of anilines is 1. The topological polar surface area (TPSA) is 172 Å². The van der Waals surface area contributed by atoms with Crippen molar-refractivity contribution in [3.05, 3.63) is 88.0 Å². The van der Waals surface area contributed by atoms with Crippen molar-refractivity contribution in [2.24, 2.45) is 13.0 Å². The number of aromatic nitrogens is 5. The molecule has 13 rings (SSSR count). The highest BCUT2D eigenvalue weighted by atomic mass is 19.1. The predicted octanol–water partition coefficient (Wildman–Crippen LogP) is 6.78. The Balaban J connectivity index is 0.633. The summed E-state index contributed by atoms with van der Waals surface area (Å²) < 4.78 is 48.2. The quantitative estimate of drug-likeness (QED) is 0.103. The van der Waals surface area contributed by atoms with Crippen LogP contribution in [0.25, 0.3) is 44.0 Å². The van der Waals surface area contributed by atoms with Crippen molar-refractivity contribution in [1.29, 1.82) is 0 Å². The van der Waals surface area contributed by atoms with Gasteiger partial charge in [0.1, 0.15) is 42.1 Å². The van der Waals surface area contributed by atoms with E-state index in [2.05, 4.69) is 42.3 Å². The van der Waals surface area contributed by atoms with Gasteiger partial charge in [-0.3, -0.25) is 33.9 Å². The van der Waals surface area contributed by atoms with E-state index >= 15 is 8.78 Å². The molecule has 5 atom stereocenters. The second kappa shape index (κ2) is 20.3. The number of halogens is 2. The molecule has 7 aliphatic rings. The molecule has 0 saturated carbocycles. The minimum Gasteiger partial charge on any atom is -0.461 e. The number of piperazine rings is 1. The van der Waals surface area contributed by atoms with Crippen LogP contribution in [0.3, 0.4) is 0 Å². The van der Waals surface area contributed by atoms with Gasteiger partial charge in [0.15, 0.2) is 5.82 Å². The normalized spacial score (nSPS) is 25.3. The summed E-state index contributed by atoms with van der Waals surface area (Å²) in [5.74, 6) is 1.83. The van der Waals surface area contributed by atoms with Crippen molar-refractivity contribution in [3.63, 3.8) is 0 Å². The molecule has 3 aromatic heterocycles. The molecule has 2 N–H and O–H groups in total. The first-order valence-electron chi connectivity index (χ1n) is 28.1. The van der Waals surface area contributed by atoms with Gasteiger partial charge in [0, 0.05) is 81.5 Å². The number of nitrogens with one attached hydrogen (secondary N) is 2. The van der Waals surface area contributed by atoms with Gasteiger partial charge in [-0.15, -0.1) is 6.42 Å². The number of imidazole rings is 1. The van der Waals surface area contributed by atoms with Gasteiger partial charge in [-0.1, -0.05) is 42.3 Å². The van der Waals surface area contributed by atoms with Gasteiger partial charge >= 0.3 is 17.8 Å². The third-order valence-corrected chi connectivity index (χ3v) is 18.5. The number of aryl methyl sites for hydroxylation is 1. The number of para-hydroxylation sites is 1. The number of hydrogen-bond acceptors (Lipinski definition) is 13. The number of imide groups is 1. The van der Waals surface area contributed by atoms with E-state index in [1.165, 1.54) is 6.07 Å². The first-order valence-corrected chi connectivity index (χ1v) is 28.1. The van der Waals surface area contributed by atoms with E-state index in [4.69, 9.17) is 25.9 Å². The second-order valence-electron chi connectivity index (χ2n) is 23.0. The Hall–Kier alpha value is -7.01. The third kappa shape index (κ3) is 8.93. The SMILES string of the molecule is C#Cc1c(F)ccc2cccc(-c3ncc4c(N5C[C@H]6CC[C@@H](C5)N6)nc(OC[C@]56CCCN5[C@H](COC(=O)N5CCC(CN7CCC(c8cccc9c8n(C)c(=O)n9C8CCC(=O)NC8=O)CC7)CC5)CC6)nc4c3F)c12. The van der Waals surface area contributed by atoms with Crippen LogP contribution in [0.15, 0.2) is 59.5 Å². The maximum Gasteiger partial charge on any atom is 0.409 e. The maximum atomic E-state index is 17.2. The number of carbonyl (C=O) groups is 3. The van der Waals surface area contributed by atoms with Gasteiger partial charge in [-0.05, 0) is 125 Å². The Morgan fingerprint density at radius 1 is 0.897 bits per heavy atom. The average Bonchev–Trinajstić information content (AvgIpc) is 4.36. The number of pyridine rings is 1. The highest BCUT2D eigenvalue weighted by molar-refractivity contribution is 6.02. The first kappa shape index (κ1) is 50.5. The zero-order chi connectivity index (χ0) is 53.4. The summed E-state index contributed by atoms with van der Waals surface area (Å²) in [6.45, 7) is 7.00. The van der Waals surface area contributed by atoms with E-state index in [0.717, 1.165) is 107 Å². The predicted molar refractivity (Wildman–Crippen MR) is 290 cm³/mol. The number of nitrogens with zero attached hydrogens (tertiary/aromatic N) is 9. The van der Waals surface area contributed by atoms with Crippen LogP contribution in [-0.2, 0) is 21.4 Å². The Bertz CT molecular complexity index is 3480. The van der Waals surface area contributed by atoms with Gasteiger partial charge < -0.3 is 29.5 Å². The fourth-order valence-electron chi connectivity index (χ4n) is 14.5. The number of terminal acetylenes is 1. The van der Waals surface area contributed by atoms with E-state index < -0.39 is 23.6 Å². The molecule has 3 aromatic carbocycles. The largest absolute Gasteiger partial charge is 0.461 e. The molecule has 78 heavy (non-hydrogen) atoms. The Labute approximate surface area is 450 Å². The molecule has 10 heterocycles. The molecule has 19 heteroatoms. The monoisotopic (exact) mass is 1060 g/mol. The van der Waals surface area contributed by atoms with Gasteiger partial charge in [0.2, 0.25) is 11.8 Å². The summed E-state index contributed by atoms with van der Waals surface area (Å²) >= 11 is 0. The molecule has 0 radical (unpaired) electrons. The summed E-state index contributed by atoms with van der Waals surface area (Å²) in [5.41, 5.74) is 2.67. The fourth-order valence-corrected chi connectivity index (χ4v) is 14.5. The van der Waals surface area contributed by atoms with Crippen molar-refractivity contribution in [1.82, 2.24) is 49.4 Å². The van der Waals surface area contributed by atoms with Crippen LogP contribution in [0, 0.1) is 29.9 Å². The van der Waals surface area contributed by atoms with Gasteiger partial charge in [-0.2, -0.15) is 9.97 Å². The van der Waals surface area contributed by atoms with Crippen molar-refractivity contribution < 1.29 is 32.6 Å². The van der Waals surface area contributed by atoms with E-state index in [1.807, 2.05) is 23.1 Å². The number of amides is 3. The lowest BCUT2D eigenvalue weighted by Crippen LogP contribution is -2.51. The lowest BCUT2D eigenvalue weighted by atomic mass is 9.87. The van der Waals surface area contributed by atoms with Crippen LogP contribution in [-0.4, -0.2) is 146 Å². The van der Waals surface area contributed by atoms with Crippen LogP contribution < -0.4 is 26.0 Å². The fraction of sp³-hybridized carbons (Fsp3) is 0.508. The van der Waals surface area contributed by atoms with E-state index in [1.54, 1.807) is 40.6 Å². The molecular formula is C59H65F2N11O6. The number of hydrogen-bond donors (Lipinski definition) is 2. The van der Waals surface area contributed by atoms with Gasteiger partial charge in [-0.25, -0.2) is 18.4 Å². The number of piperidine rings is 3. The van der Waals surface area contributed by atoms with Crippen LogP contribution in [0.2, 0.25) is 0 Å². The number of carbonyl (C=O) groups excluding carboxylic acids is 3. The minimum atomic E-state index is -0.712. The standard InChI is InChI=1S/C59H65F2N11O6/c1-3-41-45(60)14-11-37-7-4-9-43(49(37)41)51-50(61)52-44(29-62-51)54(70-31-38-12-13-39(32-70)63-38)66-56(65-52)78-34-59-22-6-24-71(59)40(17-23-59)33-77-58(76)69-27-18-35(19-28-69)30-68-25-20-36(21-26-68)42-8-5-10-46-53(42)67(2)57(75)72(46)47-15-16-48(73)64-55(47)74/h1,4-5,7-11,14,29,35-36,38-40,47,63H,6,12-13,15-28,30-34H2,2H3,(H,64,73,74)/t38-,39+,40-,47?,59+/m0/s1. The second-order valence-corrected chi connectivity index (χ2v) is 23.0. The molecule has 7 fully saturated rings. The highest BCUT2D eigenvalue weighted by Crippen LogP contribution is 2.44. The minimum absolute atomic E-state index is 0.0165. The average molecular weight is 1060 g/mol. The molecule has 6 aromatic rings. The molecule has 406 valence electrons. The highest BCUT2D eigenvalue weighted by Gasteiger charge is 2.50. The molecule has 7 saturated heterocycles. The molecular weight excluding hydrogens is 997 g/mol. The lowest BCUT2D eigenvalue weighted by molar-refractivity contribution is -0.135. The zero-order valence-electron chi connectivity index (χ0n) is 44.0.